The van der Waals surface area contributed by atoms with Crippen LogP contribution in [0.1, 0.15) is 11.8 Å². The lowest BCUT2D eigenvalue weighted by Crippen LogP contribution is -2.39. The number of nitrogens with zero attached hydrogens (tertiary/aromatic N) is 1. The fourth-order valence-electron chi connectivity index (χ4n) is 1.39. The molecule has 1 heterocycles. The highest BCUT2D eigenvalue weighted by Gasteiger charge is 2.13. The fraction of sp³-hybridized carbons (Fsp3) is 0.455. The predicted molar refractivity (Wildman–Crippen MR) is 73.6 cm³/mol. The molecule has 1 amide bonds. The summed E-state index contributed by atoms with van der Waals surface area (Å²) in [7, 11) is 0. The summed E-state index contributed by atoms with van der Waals surface area (Å²) in [4.78, 5) is 24.9. The highest BCUT2D eigenvalue weighted by atomic mass is 79.9. The SMILES string of the molecule is CCN(Cc1ccc(Br)s1)C(=O)CNCC(=O)O. The molecule has 0 spiro atoms. The summed E-state index contributed by atoms with van der Waals surface area (Å²) in [5.74, 6) is -1.06. The zero-order valence-corrected chi connectivity index (χ0v) is 12.4. The number of hydrogen-bond acceptors (Lipinski definition) is 4. The lowest BCUT2D eigenvalue weighted by atomic mass is 10.4. The van der Waals surface area contributed by atoms with Crippen molar-refractivity contribution in [3.63, 3.8) is 0 Å². The molecule has 2 N–H and O–H groups in total. The van der Waals surface area contributed by atoms with Crippen LogP contribution in [0.4, 0.5) is 0 Å². The average molecular weight is 335 g/mol. The maximum absolute atomic E-state index is 11.8. The topological polar surface area (TPSA) is 69.6 Å². The van der Waals surface area contributed by atoms with E-state index < -0.39 is 5.97 Å². The number of thiophene rings is 1. The number of hydrogen-bond donors (Lipinski definition) is 2. The van der Waals surface area contributed by atoms with Gasteiger partial charge in [0.25, 0.3) is 0 Å². The molecule has 18 heavy (non-hydrogen) atoms. The first-order valence-corrected chi connectivity index (χ1v) is 7.08. The summed E-state index contributed by atoms with van der Waals surface area (Å²) < 4.78 is 1.03. The number of rotatable bonds is 7. The molecule has 0 fully saturated rings. The van der Waals surface area contributed by atoms with Crippen LogP contribution in [0.2, 0.25) is 0 Å². The highest BCUT2D eigenvalue weighted by Crippen LogP contribution is 2.23. The molecule has 5 nitrogen and oxygen atoms in total. The molecule has 1 aromatic rings. The highest BCUT2D eigenvalue weighted by molar-refractivity contribution is 9.11. The number of aliphatic carboxylic acids is 1. The van der Waals surface area contributed by atoms with Gasteiger partial charge in [0.15, 0.2) is 0 Å². The molecular formula is C11H15BrN2O3S. The van der Waals surface area contributed by atoms with Crippen molar-refractivity contribution in [2.45, 2.75) is 13.5 Å². The second-order valence-corrected chi connectivity index (χ2v) is 6.16. The summed E-state index contributed by atoms with van der Waals surface area (Å²) in [6.07, 6.45) is 0. The van der Waals surface area contributed by atoms with Gasteiger partial charge in [0, 0.05) is 11.4 Å². The van der Waals surface area contributed by atoms with Crippen molar-refractivity contribution in [1.29, 1.82) is 0 Å². The first kappa shape index (κ1) is 15.1. The normalized spacial score (nSPS) is 10.3. The van der Waals surface area contributed by atoms with E-state index in [0.29, 0.717) is 13.1 Å². The Balaban J connectivity index is 2.44. The van der Waals surface area contributed by atoms with Crippen molar-refractivity contribution in [3.05, 3.63) is 20.8 Å². The lowest BCUT2D eigenvalue weighted by molar-refractivity contribution is -0.136. The quantitative estimate of drug-likeness (QED) is 0.793. The molecule has 0 radical (unpaired) electrons. The smallest absolute Gasteiger partial charge is 0.317 e. The van der Waals surface area contributed by atoms with Crippen molar-refractivity contribution >= 4 is 39.1 Å². The van der Waals surface area contributed by atoms with E-state index in [4.69, 9.17) is 5.11 Å². The number of halogens is 1. The van der Waals surface area contributed by atoms with E-state index in [1.54, 1.807) is 16.2 Å². The van der Waals surface area contributed by atoms with Crippen LogP contribution in [0.15, 0.2) is 15.9 Å². The van der Waals surface area contributed by atoms with Crippen LogP contribution in [0.25, 0.3) is 0 Å². The van der Waals surface area contributed by atoms with Crippen molar-refractivity contribution in [2.24, 2.45) is 0 Å². The lowest BCUT2D eigenvalue weighted by Gasteiger charge is -2.20. The number of carboxylic acids is 1. The molecule has 1 aromatic heterocycles. The number of amides is 1. The minimum Gasteiger partial charge on any atom is -0.480 e. The van der Waals surface area contributed by atoms with E-state index in [1.165, 1.54) is 0 Å². The summed E-state index contributed by atoms with van der Waals surface area (Å²) in [5, 5.41) is 11.1. The number of likely N-dealkylation sites (N-methyl/N-ethyl adjacent to an activating group) is 1. The molecule has 7 heteroatoms. The van der Waals surface area contributed by atoms with Crippen LogP contribution in [0.3, 0.4) is 0 Å². The Kier molecular flexibility index (Phi) is 6.31. The van der Waals surface area contributed by atoms with Gasteiger partial charge in [0.05, 0.1) is 23.4 Å². The van der Waals surface area contributed by atoms with Crippen LogP contribution >= 0.6 is 27.3 Å². The summed E-state index contributed by atoms with van der Waals surface area (Å²) in [6, 6.07) is 3.91. The summed E-state index contributed by atoms with van der Waals surface area (Å²) in [5.41, 5.74) is 0. The molecule has 0 aliphatic heterocycles. The van der Waals surface area contributed by atoms with Gasteiger partial charge in [-0.2, -0.15) is 0 Å². The third-order valence-electron chi connectivity index (χ3n) is 2.26. The van der Waals surface area contributed by atoms with Crippen LogP contribution in [0.5, 0.6) is 0 Å². The minimum atomic E-state index is -0.965. The van der Waals surface area contributed by atoms with Crippen molar-refractivity contribution in [2.75, 3.05) is 19.6 Å². The average Bonchev–Trinajstić information content (AvgIpc) is 2.71. The van der Waals surface area contributed by atoms with Crippen molar-refractivity contribution in [1.82, 2.24) is 10.2 Å². The first-order chi connectivity index (χ1) is 8.52. The Morgan fingerprint density at radius 2 is 2.17 bits per heavy atom. The van der Waals surface area contributed by atoms with E-state index in [0.717, 1.165) is 8.66 Å². The van der Waals surface area contributed by atoms with Gasteiger partial charge in [0.2, 0.25) is 5.91 Å². The monoisotopic (exact) mass is 334 g/mol. The standard InChI is InChI=1S/C11H15BrN2O3S/c1-2-14(7-8-3-4-9(12)18-8)10(15)5-13-6-11(16)17/h3-4,13H,2,5-7H2,1H3,(H,16,17). The van der Waals surface area contributed by atoms with Gasteiger partial charge in [-0.3, -0.25) is 14.9 Å². The van der Waals surface area contributed by atoms with E-state index >= 15 is 0 Å². The van der Waals surface area contributed by atoms with Crippen LogP contribution < -0.4 is 5.32 Å². The van der Waals surface area contributed by atoms with Crippen LogP contribution in [0, 0.1) is 0 Å². The predicted octanol–water partition coefficient (Wildman–Crippen LogP) is 1.53. The van der Waals surface area contributed by atoms with E-state index in [-0.39, 0.29) is 19.0 Å². The summed E-state index contributed by atoms with van der Waals surface area (Å²) >= 11 is 4.96. The van der Waals surface area contributed by atoms with Crippen LogP contribution in [-0.4, -0.2) is 41.5 Å². The maximum Gasteiger partial charge on any atom is 0.317 e. The van der Waals surface area contributed by atoms with Crippen molar-refractivity contribution < 1.29 is 14.7 Å². The third kappa shape index (κ3) is 5.16. The van der Waals surface area contributed by atoms with Crippen molar-refractivity contribution in [3.8, 4) is 0 Å². The molecule has 0 atom stereocenters. The second kappa shape index (κ2) is 7.50. The van der Waals surface area contributed by atoms with Gasteiger partial charge in [-0.05, 0) is 35.0 Å². The van der Waals surface area contributed by atoms with Gasteiger partial charge in [0.1, 0.15) is 0 Å². The first-order valence-electron chi connectivity index (χ1n) is 5.47. The van der Waals surface area contributed by atoms with E-state index in [1.807, 2.05) is 19.1 Å². The van der Waals surface area contributed by atoms with E-state index in [9.17, 15) is 9.59 Å². The Bertz CT molecular complexity index is 422. The number of carboxylic acid groups (broad SMARTS) is 1. The molecule has 0 aliphatic carbocycles. The Morgan fingerprint density at radius 3 is 2.67 bits per heavy atom. The van der Waals surface area contributed by atoms with Gasteiger partial charge in [-0.25, -0.2) is 0 Å². The Hall–Kier alpha value is -0.920. The van der Waals surface area contributed by atoms with Gasteiger partial charge >= 0.3 is 5.97 Å². The van der Waals surface area contributed by atoms with Gasteiger partial charge < -0.3 is 10.0 Å². The molecule has 0 unspecified atom stereocenters. The fourth-order valence-corrected chi connectivity index (χ4v) is 2.89. The maximum atomic E-state index is 11.8. The molecule has 0 aliphatic rings. The molecule has 0 saturated heterocycles. The molecule has 1 rings (SSSR count). The number of nitrogens with one attached hydrogen (secondary N) is 1. The molecule has 0 aromatic carbocycles. The Labute approximate surface area is 118 Å². The summed E-state index contributed by atoms with van der Waals surface area (Å²) in [6.45, 7) is 2.90. The molecule has 0 saturated carbocycles. The van der Waals surface area contributed by atoms with E-state index in [2.05, 4.69) is 21.2 Å². The minimum absolute atomic E-state index is 0.0483. The third-order valence-corrected chi connectivity index (χ3v) is 3.87. The zero-order chi connectivity index (χ0) is 13.5. The Morgan fingerprint density at radius 1 is 1.44 bits per heavy atom. The van der Waals surface area contributed by atoms with Gasteiger partial charge in [-0.1, -0.05) is 0 Å². The van der Waals surface area contributed by atoms with Gasteiger partial charge in [-0.15, -0.1) is 11.3 Å². The number of carbonyl (C=O) groups excluding carboxylic acids is 1. The second-order valence-electron chi connectivity index (χ2n) is 3.61. The zero-order valence-electron chi connectivity index (χ0n) is 9.98. The number of carbonyl (C=O) groups is 2. The molecule has 100 valence electrons. The van der Waals surface area contributed by atoms with Crippen LogP contribution in [-0.2, 0) is 16.1 Å². The largest absolute Gasteiger partial charge is 0.480 e. The molecular weight excluding hydrogens is 320 g/mol. The molecule has 0 bridgehead atoms.